The molecule has 0 amide bonds. The third-order valence-electron chi connectivity index (χ3n) is 2.19. The van der Waals surface area contributed by atoms with E-state index in [0.717, 1.165) is 0 Å². The quantitative estimate of drug-likeness (QED) is 0.413. The number of hydrogen-bond donors (Lipinski definition) is 0. The van der Waals surface area contributed by atoms with Gasteiger partial charge in [0.25, 0.3) is 0 Å². The van der Waals surface area contributed by atoms with Crippen molar-refractivity contribution in [2.75, 3.05) is 6.61 Å². The second-order valence-electron chi connectivity index (χ2n) is 3.49. The third kappa shape index (κ3) is 1.90. The number of aliphatic imine (C=N–C) groups is 2. The van der Waals surface area contributed by atoms with Crippen molar-refractivity contribution in [2.45, 2.75) is 24.4 Å². The molecular formula is C7H6F3N3O3. The van der Waals surface area contributed by atoms with Crippen molar-refractivity contribution in [2.24, 2.45) is 9.98 Å². The van der Waals surface area contributed by atoms with Gasteiger partial charge in [-0.3, -0.25) is 10.1 Å². The predicted octanol–water partition coefficient (Wildman–Crippen LogP) is 0.793. The summed E-state index contributed by atoms with van der Waals surface area (Å²) in [5.74, 6) is -1.47. The molecule has 2 aliphatic heterocycles. The number of epoxide rings is 1. The van der Waals surface area contributed by atoms with E-state index in [1.165, 1.54) is 0 Å². The molecule has 0 aliphatic carbocycles. The number of ether oxygens (including phenoxy) is 1. The van der Waals surface area contributed by atoms with Crippen LogP contribution in [0, 0.1) is 10.1 Å². The summed E-state index contributed by atoms with van der Waals surface area (Å²) in [5, 5.41) is 10.7. The summed E-state index contributed by atoms with van der Waals surface area (Å²) >= 11 is 0. The molecule has 2 unspecified atom stereocenters. The molecule has 1 saturated heterocycles. The van der Waals surface area contributed by atoms with E-state index >= 15 is 0 Å². The van der Waals surface area contributed by atoms with Crippen LogP contribution in [0.25, 0.3) is 0 Å². The molecule has 0 N–H and O–H groups in total. The zero-order chi connectivity index (χ0) is 12.0. The van der Waals surface area contributed by atoms with Crippen molar-refractivity contribution >= 4 is 12.1 Å². The smallest absolute Gasteiger partial charge is 0.373 e. The van der Waals surface area contributed by atoms with Gasteiger partial charge in [-0.15, -0.1) is 0 Å². The molecule has 0 aromatic rings. The molecule has 2 rings (SSSR count). The maximum Gasteiger partial charge on any atom is 0.451 e. The first-order valence-corrected chi connectivity index (χ1v) is 4.32. The zero-order valence-corrected chi connectivity index (χ0v) is 7.77. The molecule has 2 aliphatic rings. The molecule has 0 saturated carbocycles. The lowest BCUT2D eigenvalue weighted by atomic mass is 10.1. The molecule has 2 atom stereocenters. The van der Waals surface area contributed by atoms with E-state index in [0.29, 0.717) is 12.8 Å². The van der Waals surface area contributed by atoms with Crippen LogP contribution < -0.4 is 0 Å². The summed E-state index contributed by atoms with van der Waals surface area (Å²) in [6, 6.07) is 0. The van der Waals surface area contributed by atoms with E-state index in [4.69, 9.17) is 4.74 Å². The molecular weight excluding hydrogens is 231 g/mol. The number of rotatable bonds is 3. The van der Waals surface area contributed by atoms with Gasteiger partial charge in [0.2, 0.25) is 5.84 Å². The third-order valence-corrected chi connectivity index (χ3v) is 2.19. The lowest BCUT2D eigenvalue weighted by molar-refractivity contribution is -0.544. The Morgan fingerprint density at radius 1 is 1.69 bits per heavy atom. The minimum Gasteiger partial charge on any atom is -0.373 e. The molecule has 88 valence electrons. The number of halogens is 3. The van der Waals surface area contributed by atoms with Gasteiger partial charge in [0.05, 0.1) is 24.1 Å². The Labute approximate surface area is 87.0 Å². The molecule has 6 nitrogen and oxygen atoms in total. The molecule has 1 fully saturated rings. The van der Waals surface area contributed by atoms with Crippen molar-refractivity contribution < 1.29 is 22.8 Å². The Hall–Kier alpha value is -1.51. The van der Waals surface area contributed by atoms with Gasteiger partial charge in [-0.05, 0) is 0 Å². The highest BCUT2D eigenvalue weighted by Gasteiger charge is 2.53. The molecule has 2 heterocycles. The first-order chi connectivity index (χ1) is 7.33. The largest absolute Gasteiger partial charge is 0.451 e. The minimum atomic E-state index is -4.77. The van der Waals surface area contributed by atoms with Gasteiger partial charge in [0.15, 0.2) is 0 Å². The molecule has 0 bridgehead atoms. The van der Waals surface area contributed by atoms with Crippen LogP contribution in [0.4, 0.5) is 13.2 Å². The highest BCUT2D eigenvalue weighted by Crippen LogP contribution is 2.31. The van der Waals surface area contributed by atoms with E-state index in [1.807, 2.05) is 0 Å². The second kappa shape index (κ2) is 3.24. The SMILES string of the molecule is O=[N+]([O-])C1(CC2CO2)C=NC(C(F)(F)F)=N1. The van der Waals surface area contributed by atoms with Crippen LogP contribution in [-0.4, -0.2) is 41.5 Å². The maximum absolute atomic E-state index is 12.2. The standard InChI is InChI=1S/C7H6F3N3O3/c8-7(9,10)5-11-3-6(12-5,13(14)15)1-4-2-16-4/h3-4H,1-2H2. The van der Waals surface area contributed by atoms with Gasteiger partial charge >= 0.3 is 11.8 Å². The van der Waals surface area contributed by atoms with Gasteiger partial charge in [-0.25, -0.2) is 4.99 Å². The normalized spacial score (nSPS) is 32.7. The zero-order valence-electron chi connectivity index (χ0n) is 7.77. The van der Waals surface area contributed by atoms with Gasteiger partial charge < -0.3 is 4.74 Å². The van der Waals surface area contributed by atoms with Crippen molar-refractivity contribution in [3.8, 4) is 0 Å². The summed E-state index contributed by atoms with van der Waals surface area (Å²) < 4.78 is 41.4. The molecule has 0 spiro atoms. The Morgan fingerprint density at radius 2 is 2.31 bits per heavy atom. The highest BCUT2D eigenvalue weighted by atomic mass is 19.4. The van der Waals surface area contributed by atoms with Crippen LogP contribution in [0.15, 0.2) is 9.98 Å². The minimum absolute atomic E-state index is 0.219. The molecule has 0 radical (unpaired) electrons. The van der Waals surface area contributed by atoms with Crippen molar-refractivity contribution in [3.05, 3.63) is 10.1 Å². The average Bonchev–Trinajstić information content (AvgIpc) is 2.80. The molecule has 9 heteroatoms. The number of hydrogen-bond acceptors (Lipinski definition) is 5. The molecule has 0 aromatic carbocycles. The summed E-state index contributed by atoms with van der Waals surface area (Å²) in [5.41, 5.74) is -2.12. The van der Waals surface area contributed by atoms with E-state index in [2.05, 4.69) is 9.98 Å². The second-order valence-corrected chi connectivity index (χ2v) is 3.49. The van der Waals surface area contributed by atoms with Crippen molar-refractivity contribution in [1.82, 2.24) is 0 Å². The number of nitro groups is 1. The van der Waals surface area contributed by atoms with Gasteiger partial charge in [0, 0.05) is 0 Å². The number of amidine groups is 1. The van der Waals surface area contributed by atoms with E-state index in [-0.39, 0.29) is 6.42 Å². The first-order valence-electron chi connectivity index (χ1n) is 4.32. The summed E-state index contributed by atoms with van der Waals surface area (Å²) in [4.78, 5) is 15.9. The fourth-order valence-electron chi connectivity index (χ4n) is 1.32. The summed E-state index contributed by atoms with van der Waals surface area (Å²) in [6.45, 7) is 0.306. The van der Waals surface area contributed by atoms with Crippen LogP contribution in [-0.2, 0) is 4.74 Å². The van der Waals surface area contributed by atoms with Gasteiger partial charge in [-0.2, -0.15) is 18.2 Å². The lowest BCUT2D eigenvalue weighted by Crippen LogP contribution is -2.38. The Bertz CT molecular complexity index is 388. The topological polar surface area (TPSA) is 80.4 Å². The van der Waals surface area contributed by atoms with Crippen molar-refractivity contribution in [3.63, 3.8) is 0 Å². The van der Waals surface area contributed by atoms with E-state index < -0.39 is 28.7 Å². The number of alkyl halides is 3. The fourth-order valence-corrected chi connectivity index (χ4v) is 1.32. The van der Waals surface area contributed by atoms with Gasteiger partial charge in [0.1, 0.15) is 6.21 Å². The van der Waals surface area contributed by atoms with Crippen LogP contribution in [0.2, 0.25) is 0 Å². The Morgan fingerprint density at radius 3 is 2.69 bits per heavy atom. The first kappa shape index (κ1) is 11.0. The summed E-state index contributed by atoms with van der Waals surface area (Å²) in [7, 11) is 0. The highest BCUT2D eigenvalue weighted by molar-refractivity contribution is 6.00. The average molecular weight is 237 g/mol. The number of nitrogens with zero attached hydrogens (tertiary/aromatic N) is 3. The van der Waals surface area contributed by atoms with Gasteiger partial charge in [-0.1, -0.05) is 0 Å². The van der Waals surface area contributed by atoms with Crippen molar-refractivity contribution in [1.29, 1.82) is 0 Å². The van der Waals surface area contributed by atoms with E-state index in [9.17, 15) is 23.3 Å². The maximum atomic E-state index is 12.2. The van der Waals surface area contributed by atoms with Crippen LogP contribution >= 0.6 is 0 Å². The van der Waals surface area contributed by atoms with Crippen LogP contribution in [0.1, 0.15) is 6.42 Å². The monoisotopic (exact) mass is 237 g/mol. The fraction of sp³-hybridized carbons (Fsp3) is 0.714. The Balaban J connectivity index is 2.26. The molecule has 16 heavy (non-hydrogen) atoms. The lowest BCUT2D eigenvalue weighted by Gasteiger charge is -2.12. The van der Waals surface area contributed by atoms with Crippen LogP contribution in [0.5, 0.6) is 0 Å². The summed E-state index contributed by atoms with van der Waals surface area (Å²) in [6.07, 6.45) is -4.77. The van der Waals surface area contributed by atoms with E-state index in [1.54, 1.807) is 0 Å². The Kier molecular flexibility index (Phi) is 2.22. The molecule has 0 aromatic heterocycles. The van der Waals surface area contributed by atoms with Crippen LogP contribution in [0.3, 0.4) is 0 Å². The predicted molar refractivity (Wildman–Crippen MR) is 46.1 cm³/mol.